The molecular weight excluding hydrogens is 737 g/mol. The maximum Gasteiger partial charge on any atom is 0.186 e. The molecule has 1 heterocycles. The zero-order valence-corrected chi connectivity index (χ0v) is 36.0. The molecule has 5 rings (SSSR count). The molecule has 0 bridgehead atoms. The van der Waals surface area contributed by atoms with Crippen LogP contribution in [0.4, 0.5) is 11.4 Å². The van der Waals surface area contributed by atoms with Crippen molar-refractivity contribution in [3.05, 3.63) is 146 Å². The predicted molar refractivity (Wildman–Crippen MR) is 230 cm³/mol. The first-order valence-electron chi connectivity index (χ1n) is 18.7. The molecule has 0 aliphatic heterocycles. The van der Waals surface area contributed by atoms with Crippen LogP contribution in [0.25, 0.3) is 11.4 Å². The van der Waals surface area contributed by atoms with Crippen LogP contribution in [0, 0.1) is 21.7 Å². The van der Waals surface area contributed by atoms with Gasteiger partial charge in [-0.3, -0.25) is 14.6 Å². The van der Waals surface area contributed by atoms with Gasteiger partial charge >= 0.3 is 0 Å². The van der Waals surface area contributed by atoms with Crippen molar-refractivity contribution in [1.29, 1.82) is 0 Å². The molecule has 0 atom stereocenters. The SMILES string of the molecule is CC(C)(C)C1=CC(=C(N=Nc2ccc(Cl)cc2)c2ccnc(C(N=Nc3ccc(Cl)cc3)=C3C=C(C(C)(C)C)C(=O)C(C(C)(C)C)=C3)c2)C=C(C(C)(C)C)C1=O. The van der Waals surface area contributed by atoms with E-state index in [1.807, 2.05) is 120 Å². The molecule has 0 radical (unpaired) electrons. The Bertz CT molecular complexity index is 2070. The molecule has 0 unspecified atom stereocenters. The highest BCUT2D eigenvalue weighted by atomic mass is 35.5. The van der Waals surface area contributed by atoms with Crippen molar-refractivity contribution in [2.75, 3.05) is 0 Å². The van der Waals surface area contributed by atoms with Crippen molar-refractivity contribution < 1.29 is 9.59 Å². The van der Waals surface area contributed by atoms with Gasteiger partial charge in [-0.15, -0.1) is 10.2 Å². The van der Waals surface area contributed by atoms with Crippen molar-refractivity contribution in [2.24, 2.45) is 42.1 Å². The van der Waals surface area contributed by atoms with Crippen LogP contribution in [0.5, 0.6) is 0 Å². The van der Waals surface area contributed by atoms with Crippen molar-refractivity contribution in [1.82, 2.24) is 4.98 Å². The molecule has 0 spiro atoms. The van der Waals surface area contributed by atoms with E-state index in [4.69, 9.17) is 38.4 Å². The van der Waals surface area contributed by atoms with Crippen LogP contribution < -0.4 is 0 Å². The lowest BCUT2D eigenvalue weighted by Crippen LogP contribution is -2.28. The number of benzene rings is 2. The van der Waals surface area contributed by atoms with Crippen LogP contribution in [0.1, 0.15) is 94.3 Å². The van der Waals surface area contributed by atoms with Gasteiger partial charge in [0.25, 0.3) is 0 Å². The minimum atomic E-state index is -0.451. The molecule has 7 nitrogen and oxygen atoms in total. The molecule has 1 aromatic heterocycles. The Hall–Kier alpha value is -4.85. The Kier molecular flexibility index (Phi) is 12.0. The van der Waals surface area contributed by atoms with Crippen LogP contribution in [0.15, 0.2) is 145 Å². The molecule has 0 amide bonds. The van der Waals surface area contributed by atoms with E-state index in [1.165, 1.54) is 0 Å². The highest BCUT2D eigenvalue weighted by molar-refractivity contribution is 6.30. The molecule has 56 heavy (non-hydrogen) atoms. The van der Waals surface area contributed by atoms with Crippen LogP contribution in [-0.4, -0.2) is 16.6 Å². The maximum atomic E-state index is 14.0. The average Bonchev–Trinajstić information content (AvgIpc) is 3.09. The Balaban J connectivity index is 1.85. The number of hydrogen-bond donors (Lipinski definition) is 0. The summed E-state index contributed by atoms with van der Waals surface area (Å²) in [5.41, 5.74) is 5.75. The van der Waals surface area contributed by atoms with E-state index in [0.717, 1.165) is 5.57 Å². The number of rotatable bonds is 6. The molecule has 0 saturated carbocycles. The Morgan fingerprint density at radius 1 is 0.500 bits per heavy atom. The number of ketones is 2. The third-order valence-corrected chi connectivity index (χ3v) is 9.92. The van der Waals surface area contributed by atoms with Crippen molar-refractivity contribution in [3.63, 3.8) is 0 Å². The molecule has 2 aromatic carbocycles. The van der Waals surface area contributed by atoms with Gasteiger partial charge in [0, 0.05) is 55.2 Å². The minimum absolute atomic E-state index is 0.00815. The molecule has 0 N–H and O–H groups in total. The lowest BCUT2D eigenvalue weighted by Gasteiger charge is -2.31. The van der Waals surface area contributed by atoms with Crippen LogP contribution >= 0.6 is 23.2 Å². The Morgan fingerprint density at radius 2 is 0.839 bits per heavy atom. The summed E-state index contributed by atoms with van der Waals surface area (Å²) in [6, 6.07) is 18.0. The molecule has 9 heteroatoms. The smallest absolute Gasteiger partial charge is 0.186 e. The summed E-state index contributed by atoms with van der Waals surface area (Å²) < 4.78 is 0. The summed E-state index contributed by atoms with van der Waals surface area (Å²) in [5.74, 6) is 0.0244. The zero-order valence-electron chi connectivity index (χ0n) is 34.5. The van der Waals surface area contributed by atoms with Crippen molar-refractivity contribution in [2.45, 2.75) is 83.1 Å². The van der Waals surface area contributed by atoms with E-state index in [0.29, 0.717) is 71.9 Å². The van der Waals surface area contributed by atoms with Gasteiger partial charge in [0.1, 0.15) is 11.4 Å². The van der Waals surface area contributed by atoms with E-state index in [1.54, 1.807) is 54.7 Å². The normalized spacial score (nSPS) is 16.0. The summed E-state index contributed by atoms with van der Waals surface area (Å²) in [4.78, 5) is 32.8. The Morgan fingerprint density at radius 3 is 1.20 bits per heavy atom. The monoisotopic (exact) mass is 787 g/mol. The summed E-state index contributed by atoms with van der Waals surface area (Å²) >= 11 is 12.4. The van der Waals surface area contributed by atoms with Gasteiger partial charge in [0.2, 0.25) is 0 Å². The van der Waals surface area contributed by atoms with Crippen molar-refractivity contribution in [3.8, 4) is 0 Å². The minimum Gasteiger partial charge on any atom is -0.289 e. The number of aromatic nitrogens is 1. The standard InChI is InChI=1S/C47H51Cl2N5O2/c1-44(2,3)35-23-29(24-36(42(35)55)45(4,5)6)40(53-51-33-17-13-31(48)14-18-33)28-21-22-50-39(27-28)41(54-52-34-19-15-32(49)16-20-34)30-25-37(46(7,8)9)43(56)38(26-30)47(10,11)12/h13-27H,1-12H3. The van der Waals surface area contributed by atoms with Gasteiger partial charge in [0.05, 0.1) is 17.1 Å². The lowest BCUT2D eigenvalue weighted by molar-refractivity contribution is -0.114. The second-order valence-electron chi connectivity index (χ2n) is 18.3. The number of carbonyl (C=O) groups excluding carboxylic acids is 2. The maximum absolute atomic E-state index is 14.0. The molecule has 0 fully saturated rings. The van der Waals surface area contributed by atoms with E-state index < -0.39 is 21.7 Å². The summed E-state index contributed by atoms with van der Waals surface area (Å²) in [5, 5.41) is 20.2. The van der Waals surface area contributed by atoms with Crippen LogP contribution in [0.2, 0.25) is 10.0 Å². The second-order valence-corrected chi connectivity index (χ2v) is 19.2. The molecule has 290 valence electrons. The fourth-order valence-corrected chi connectivity index (χ4v) is 6.49. The summed E-state index contributed by atoms with van der Waals surface area (Å²) in [7, 11) is 0. The van der Waals surface area contributed by atoms with Crippen LogP contribution in [0.3, 0.4) is 0 Å². The number of pyridine rings is 1. The van der Waals surface area contributed by atoms with E-state index >= 15 is 0 Å². The first-order chi connectivity index (χ1) is 25.9. The third-order valence-electron chi connectivity index (χ3n) is 9.42. The van der Waals surface area contributed by atoms with E-state index in [9.17, 15) is 9.59 Å². The van der Waals surface area contributed by atoms with Gasteiger partial charge in [-0.05, 0) is 107 Å². The third kappa shape index (κ3) is 9.93. The average molecular weight is 789 g/mol. The predicted octanol–water partition coefficient (Wildman–Crippen LogP) is 14.4. The number of azo groups is 2. The number of Topliss-reactive ketones (excluding diaryl/α,β-unsaturated/α-hetero) is 2. The molecule has 2 aliphatic rings. The van der Waals surface area contributed by atoms with Gasteiger partial charge in [0.15, 0.2) is 11.6 Å². The first-order valence-corrected chi connectivity index (χ1v) is 19.5. The molecular formula is C47H51Cl2N5O2. The quantitative estimate of drug-likeness (QED) is 0.233. The number of hydrogen-bond acceptors (Lipinski definition) is 7. The molecule has 2 aliphatic carbocycles. The number of halogens is 2. The zero-order chi connectivity index (χ0) is 41.4. The topological polar surface area (TPSA) is 96.5 Å². The fourth-order valence-electron chi connectivity index (χ4n) is 6.24. The molecule has 3 aromatic rings. The van der Waals surface area contributed by atoms with Gasteiger partial charge < -0.3 is 0 Å². The number of carbonyl (C=O) groups is 2. The van der Waals surface area contributed by atoms with Crippen LogP contribution in [-0.2, 0) is 9.59 Å². The second kappa shape index (κ2) is 16.0. The summed E-state index contributed by atoms with van der Waals surface area (Å²) in [6.07, 6.45) is 9.37. The van der Waals surface area contributed by atoms with E-state index in [2.05, 4.69) is 10.2 Å². The lowest BCUT2D eigenvalue weighted by atomic mass is 9.71. The van der Waals surface area contributed by atoms with Gasteiger partial charge in [-0.25, -0.2) is 0 Å². The fraction of sp³-hybridized carbons (Fsp3) is 0.340. The number of nitrogens with zero attached hydrogens (tertiary/aromatic N) is 5. The van der Waals surface area contributed by atoms with Gasteiger partial charge in [-0.1, -0.05) is 106 Å². The highest BCUT2D eigenvalue weighted by Gasteiger charge is 2.36. The summed E-state index contributed by atoms with van der Waals surface area (Å²) in [6.45, 7) is 24.4. The first kappa shape index (κ1) is 42.3. The molecule has 0 saturated heterocycles. The van der Waals surface area contributed by atoms with Gasteiger partial charge in [-0.2, -0.15) is 10.2 Å². The van der Waals surface area contributed by atoms with E-state index in [-0.39, 0.29) is 11.6 Å². The van der Waals surface area contributed by atoms with Crippen molar-refractivity contribution >= 4 is 57.5 Å². The largest absolute Gasteiger partial charge is 0.289 e. The number of allylic oxidation sites excluding steroid dienone is 10. The Labute approximate surface area is 341 Å². The highest BCUT2D eigenvalue weighted by Crippen LogP contribution is 2.43.